The van der Waals surface area contributed by atoms with Crippen molar-refractivity contribution in [1.29, 1.82) is 0 Å². The summed E-state index contributed by atoms with van der Waals surface area (Å²) in [6, 6.07) is 0. The molecule has 0 atom stereocenters. The SMILES string of the molecule is C.FC(F)(F)C(F)(F)C(F)(F)C(F)(F)C(F)(F)F. The molecule has 0 spiro atoms. The lowest BCUT2D eigenvalue weighted by molar-refractivity contribution is -0.438. The largest absolute Gasteiger partial charge is 0.460 e. The normalized spacial score (nSPS) is 15.3. The summed E-state index contributed by atoms with van der Waals surface area (Å²) in [6.07, 6.45) is -14.5. The van der Waals surface area contributed by atoms with Crippen molar-refractivity contribution in [2.24, 2.45) is 0 Å². The molecule has 0 nitrogen and oxygen atoms in total. The molecule has 0 aromatic heterocycles. The maximum absolute atomic E-state index is 12.0. The average Bonchev–Trinajstić information content (AvgIpc) is 1.98. The minimum Gasteiger partial charge on any atom is -0.192 e. The highest BCUT2D eigenvalue weighted by Crippen LogP contribution is 2.57. The van der Waals surface area contributed by atoms with Crippen LogP contribution >= 0.6 is 0 Å². The Labute approximate surface area is 91.6 Å². The predicted octanol–water partition coefficient (Wildman–Crippen LogP) is 4.65. The second kappa shape index (κ2) is 4.37. The van der Waals surface area contributed by atoms with Crippen LogP contribution in [0.2, 0.25) is 0 Å². The Morgan fingerprint density at radius 3 is 0.611 bits per heavy atom. The second-order valence-electron chi connectivity index (χ2n) is 2.72. The summed E-state index contributed by atoms with van der Waals surface area (Å²) >= 11 is 0. The zero-order valence-electron chi connectivity index (χ0n) is 7.04. The molecule has 0 unspecified atom stereocenters. The topological polar surface area (TPSA) is 0 Å². The van der Waals surface area contributed by atoms with Crippen molar-refractivity contribution in [2.75, 3.05) is 0 Å². The lowest BCUT2D eigenvalue weighted by Gasteiger charge is -2.34. The first kappa shape index (κ1) is 19.5. The average molecular weight is 304 g/mol. The summed E-state index contributed by atoms with van der Waals surface area (Å²) in [7, 11) is 0. The van der Waals surface area contributed by atoms with Crippen molar-refractivity contribution in [2.45, 2.75) is 37.5 Å². The maximum Gasteiger partial charge on any atom is 0.460 e. The molecule has 0 saturated heterocycles. The highest BCUT2D eigenvalue weighted by Gasteiger charge is 2.88. The first-order valence-electron chi connectivity index (χ1n) is 3.27. The van der Waals surface area contributed by atoms with Crippen LogP contribution in [0.3, 0.4) is 0 Å². The molecule has 112 valence electrons. The first-order chi connectivity index (χ1) is 7.00. The molecule has 0 amide bonds. The monoisotopic (exact) mass is 304 g/mol. The maximum atomic E-state index is 12.0. The molecular formula is C6H4F12. The molecule has 0 bridgehead atoms. The molecule has 0 aliphatic rings. The third kappa shape index (κ3) is 2.46. The zero-order chi connectivity index (χ0) is 14.5. The third-order valence-electron chi connectivity index (χ3n) is 1.50. The highest BCUT2D eigenvalue weighted by molar-refractivity contribution is 5.03. The molecule has 0 aliphatic carbocycles. The van der Waals surface area contributed by atoms with Crippen LogP contribution in [-0.2, 0) is 0 Å². The fraction of sp³-hybridized carbons (Fsp3) is 1.00. The van der Waals surface area contributed by atoms with Gasteiger partial charge < -0.3 is 0 Å². The fourth-order valence-electron chi connectivity index (χ4n) is 0.553. The Balaban J connectivity index is 0. The van der Waals surface area contributed by atoms with Gasteiger partial charge in [0.05, 0.1) is 0 Å². The van der Waals surface area contributed by atoms with E-state index in [1.165, 1.54) is 0 Å². The molecule has 0 fully saturated rings. The third-order valence-corrected chi connectivity index (χ3v) is 1.50. The number of hydrogen-bond acceptors (Lipinski definition) is 0. The van der Waals surface area contributed by atoms with Crippen molar-refractivity contribution in [3.63, 3.8) is 0 Å². The Hall–Kier alpha value is -0.840. The van der Waals surface area contributed by atoms with E-state index >= 15 is 0 Å². The molecule has 0 aliphatic heterocycles. The van der Waals surface area contributed by atoms with Crippen LogP contribution in [0.15, 0.2) is 0 Å². The number of rotatable bonds is 2. The molecule has 0 N–H and O–H groups in total. The van der Waals surface area contributed by atoms with Gasteiger partial charge in [-0.1, -0.05) is 7.43 Å². The standard InChI is InChI=1S/C5F12.CH4/c6-1(7,2(8,9)4(12,13)14)3(10,11)5(15,16)17;/h;1H4. The van der Waals surface area contributed by atoms with E-state index in [2.05, 4.69) is 0 Å². The van der Waals surface area contributed by atoms with E-state index in [9.17, 15) is 52.7 Å². The number of hydrogen-bond donors (Lipinski definition) is 0. The molecule has 0 aromatic carbocycles. The van der Waals surface area contributed by atoms with Gasteiger partial charge in [-0.15, -0.1) is 0 Å². The Morgan fingerprint density at radius 2 is 0.500 bits per heavy atom. The van der Waals surface area contributed by atoms with E-state index in [4.69, 9.17) is 0 Å². The van der Waals surface area contributed by atoms with Crippen LogP contribution in [-0.4, -0.2) is 30.1 Å². The van der Waals surface area contributed by atoms with Crippen LogP contribution in [0.1, 0.15) is 7.43 Å². The summed E-state index contributed by atoms with van der Waals surface area (Å²) in [5.74, 6) is -22.7. The molecule has 0 radical (unpaired) electrons. The molecule has 0 heterocycles. The summed E-state index contributed by atoms with van der Waals surface area (Å²) < 4.78 is 139. The van der Waals surface area contributed by atoms with Crippen LogP contribution in [0.4, 0.5) is 52.7 Å². The van der Waals surface area contributed by atoms with Gasteiger partial charge >= 0.3 is 30.1 Å². The zero-order valence-corrected chi connectivity index (χ0v) is 7.04. The van der Waals surface area contributed by atoms with Gasteiger partial charge in [-0.2, -0.15) is 52.7 Å². The molecule has 0 rings (SSSR count). The molecule has 0 aromatic rings. The van der Waals surface area contributed by atoms with Gasteiger partial charge in [-0.3, -0.25) is 0 Å². The van der Waals surface area contributed by atoms with Gasteiger partial charge in [0.1, 0.15) is 0 Å². The van der Waals surface area contributed by atoms with E-state index in [0.717, 1.165) is 0 Å². The van der Waals surface area contributed by atoms with E-state index < -0.39 is 30.1 Å². The Bertz CT molecular complexity index is 252. The quantitative estimate of drug-likeness (QED) is 0.651. The molecule has 18 heavy (non-hydrogen) atoms. The summed E-state index contributed by atoms with van der Waals surface area (Å²) in [5, 5.41) is 0. The molecular weight excluding hydrogens is 300 g/mol. The van der Waals surface area contributed by atoms with Crippen LogP contribution in [0.5, 0.6) is 0 Å². The van der Waals surface area contributed by atoms with Crippen LogP contribution in [0, 0.1) is 0 Å². The smallest absolute Gasteiger partial charge is 0.192 e. The predicted molar refractivity (Wildman–Crippen MR) is 33.7 cm³/mol. The van der Waals surface area contributed by atoms with E-state index in [-0.39, 0.29) is 7.43 Å². The lowest BCUT2D eigenvalue weighted by Crippen LogP contribution is -2.65. The lowest BCUT2D eigenvalue weighted by atomic mass is 10.0. The van der Waals surface area contributed by atoms with Crippen molar-refractivity contribution in [1.82, 2.24) is 0 Å². The Kier molecular flexibility index (Phi) is 4.73. The number of halogens is 12. The molecule has 12 heteroatoms. The summed E-state index contributed by atoms with van der Waals surface area (Å²) in [5.41, 5.74) is 0. The van der Waals surface area contributed by atoms with Gasteiger partial charge in [-0.25, -0.2) is 0 Å². The summed E-state index contributed by atoms with van der Waals surface area (Å²) in [4.78, 5) is 0. The van der Waals surface area contributed by atoms with Gasteiger partial charge in [0.25, 0.3) is 0 Å². The molecule has 0 saturated carbocycles. The Morgan fingerprint density at radius 1 is 0.333 bits per heavy atom. The van der Waals surface area contributed by atoms with Crippen molar-refractivity contribution >= 4 is 0 Å². The van der Waals surface area contributed by atoms with Crippen molar-refractivity contribution in [3.8, 4) is 0 Å². The van der Waals surface area contributed by atoms with Crippen molar-refractivity contribution < 1.29 is 52.7 Å². The minimum atomic E-state index is -7.66. The van der Waals surface area contributed by atoms with E-state index in [0.29, 0.717) is 0 Å². The minimum absolute atomic E-state index is 0. The van der Waals surface area contributed by atoms with Gasteiger partial charge in [0.15, 0.2) is 0 Å². The van der Waals surface area contributed by atoms with Crippen LogP contribution in [0.25, 0.3) is 0 Å². The van der Waals surface area contributed by atoms with E-state index in [1.807, 2.05) is 0 Å². The van der Waals surface area contributed by atoms with Gasteiger partial charge in [0.2, 0.25) is 0 Å². The van der Waals surface area contributed by atoms with Crippen molar-refractivity contribution in [3.05, 3.63) is 0 Å². The fourth-order valence-corrected chi connectivity index (χ4v) is 0.553. The highest BCUT2D eigenvalue weighted by atomic mass is 19.4. The van der Waals surface area contributed by atoms with Gasteiger partial charge in [0, 0.05) is 0 Å². The number of alkyl halides is 12. The first-order valence-corrected chi connectivity index (χ1v) is 3.27. The second-order valence-corrected chi connectivity index (χ2v) is 2.72. The van der Waals surface area contributed by atoms with E-state index in [1.54, 1.807) is 0 Å². The van der Waals surface area contributed by atoms with Gasteiger partial charge in [-0.05, 0) is 0 Å². The van der Waals surface area contributed by atoms with Crippen LogP contribution < -0.4 is 0 Å². The summed E-state index contributed by atoms with van der Waals surface area (Å²) in [6.45, 7) is 0.